The first-order chi connectivity index (χ1) is 11.0. The second-order valence-corrected chi connectivity index (χ2v) is 6.32. The van der Waals surface area contributed by atoms with Crippen LogP contribution < -0.4 is 0 Å². The molecule has 3 heterocycles. The van der Waals surface area contributed by atoms with Gasteiger partial charge in [0.25, 0.3) is 0 Å². The van der Waals surface area contributed by atoms with Crippen LogP contribution >= 0.6 is 0 Å². The highest BCUT2D eigenvalue weighted by Gasteiger charge is 2.37. The molecular formula is C17H26N4O2. The van der Waals surface area contributed by atoms with E-state index in [1.165, 1.54) is 5.57 Å². The van der Waals surface area contributed by atoms with Gasteiger partial charge in [-0.3, -0.25) is 9.83 Å². The number of hydrogen-bond donors (Lipinski definition) is 0. The molecular weight excluding hydrogens is 292 g/mol. The molecule has 0 fully saturated rings. The van der Waals surface area contributed by atoms with E-state index < -0.39 is 0 Å². The van der Waals surface area contributed by atoms with Crippen LogP contribution in [-0.2, 0) is 9.57 Å². The Hall–Kier alpha value is -1.79. The van der Waals surface area contributed by atoms with Gasteiger partial charge in [-0.15, -0.1) is 0 Å². The van der Waals surface area contributed by atoms with Crippen LogP contribution in [0.25, 0.3) is 0 Å². The van der Waals surface area contributed by atoms with Crippen LogP contribution in [0.5, 0.6) is 0 Å². The van der Waals surface area contributed by atoms with E-state index in [0.29, 0.717) is 6.67 Å². The van der Waals surface area contributed by atoms with Crippen molar-refractivity contribution in [2.45, 2.75) is 46.3 Å². The Morgan fingerprint density at radius 2 is 2.13 bits per heavy atom. The van der Waals surface area contributed by atoms with Crippen molar-refractivity contribution in [1.82, 2.24) is 14.9 Å². The Labute approximate surface area is 138 Å². The topological polar surface area (TPSA) is 40.5 Å². The lowest BCUT2D eigenvalue weighted by molar-refractivity contribution is -0.0971. The van der Waals surface area contributed by atoms with E-state index in [4.69, 9.17) is 14.6 Å². The minimum atomic E-state index is -0.0903. The molecule has 0 saturated heterocycles. The Kier molecular flexibility index (Phi) is 4.46. The summed E-state index contributed by atoms with van der Waals surface area (Å²) in [6.07, 6.45) is 7.20. The van der Waals surface area contributed by atoms with Gasteiger partial charge < -0.3 is 14.5 Å². The molecule has 0 aromatic carbocycles. The summed E-state index contributed by atoms with van der Waals surface area (Å²) >= 11 is 0. The maximum absolute atomic E-state index is 6.14. The van der Waals surface area contributed by atoms with Crippen molar-refractivity contribution in [3.8, 4) is 0 Å². The summed E-state index contributed by atoms with van der Waals surface area (Å²) < 4.78 is 6.14. The van der Waals surface area contributed by atoms with Crippen molar-refractivity contribution >= 4 is 6.21 Å². The zero-order valence-electron chi connectivity index (χ0n) is 14.6. The molecule has 0 radical (unpaired) electrons. The molecule has 0 aliphatic carbocycles. The van der Waals surface area contributed by atoms with Gasteiger partial charge in [0, 0.05) is 12.7 Å². The average Bonchev–Trinajstić information content (AvgIpc) is 2.93. The smallest absolute Gasteiger partial charge is 0.139 e. The van der Waals surface area contributed by atoms with Crippen LogP contribution in [0.4, 0.5) is 0 Å². The van der Waals surface area contributed by atoms with Crippen molar-refractivity contribution in [3.05, 3.63) is 35.2 Å². The quantitative estimate of drug-likeness (QED) is 0.779. The van der Waals surface area contributed by atoms with Crippen LogP contribution in [0.1, 0.15) is 34.1 Å². The Morgan fingerprint density at radius 1 is 1.35 bits per heavy atom. The van der Waals surface area contributed by atoms with E-state index in [-0.39, 0.29) is 12.2 Å². The second-order valence-electron chi connectivity index (χ2n) is 6.32. The first kappa shape index (κ1) is 16.1. The van der Waals surface area contributed by atoms with Crippen molar-refractivity contribution < 1.29 is 9.57 Å². The van der Waals surface area contributed by atoms with Gasteiger partial charge in [-0.25, -0.2) is 5.06 Å². The van der Waals surface area contributed by atoms with Gasteiger partial charge in [0.1, 0.15) is 24.3 Å². The van der Waals surface area contributed by atoms with Gasteiger partial charge in [-0.2, -0.15) is 0 Å². The summed E-state index contributed by atoms with van der Waals surface area (Å²) in [7, 11) is 1.68. The molecule has 1 unspecified atom stereocenters. The third-order valence-electron chi connectivity index (χ3n) is 4.09. The van der Waals surface area contributed by atoms with Crippen LogP contribution in [0.3, 0.4) is 0 Å². The highest BCUT2D eigenvalue weighted by atomic mass is 16.7. The Balaban J connectivity index is 1.99. The molecule has 126 valence electrons. The molecule has 3 aliphatic rings. The van der Waals surface area contributed by atoms with Gasteiger partial charge in [-0.05, 0) is 32.8 Å². The second kappa shape index (κ2) is 6.37. The van der Waals surface area contributed by atoms with Gasteiger partial charge in [0.15, 0.2) is 0 Å². The maximum Gasteiger partial charge on any atom is 0.139 e. The van der Waals surface area contributed by atoms with E-state index in [1.54, 1.807) is 7.11 Å². The number of allylic oxidation sites excluding steroid dienone is 1. The summed E-state index contributed by atoms with van der Waals surface area (Å²) in [5.41, 5.74) is 3.23. The van der Waals surface area contributed by atoms with Gasteiger partial charge in [0.2, 0.25) is 0 Å². The largest absolute Gasteiger partial charge is 0.365 e. The molecule has 3 aliphatic heterocycles. The van der Waals surface area contributed by atoms with Crippen LogP contribution in [0, 0.1) is 0 Å². The standard InChI is InChI=1S/C17H26N4O2/c1-6-7-19-9-13(4)16(23-12(2)3)15-17(19)21-11-20(22-5)10-14(21)8-18-15/h8-10,12,16H,6-7,11H2,1-5H3. The number of nitrogens with zero attached hydrogens (tertiary/aromatic N) is 4. The van der Waals surface area contributed by atoms with Crippen molar-refractivity contribution in [3.63, 3.8) is 0 Å². The molecule has 0 spiro atoms. The van der Waals surface area contributed by atoms with Crippen molar-refractivity contribution in [1.29, 1.82) is 0 Å². The Morgan fingerprint density at radius 3 is 2.78 bits per heavy atom. The third-order valence-corrected chi connectivity index (χ3v) is 4.09. The fourth-order valence-electron chi connectivity index (χ4n) is 3.15. The Bertz CT molecular complexity index is 591. The van der Waals surface area contributed by atoms with Crippen molar-refractivity contribution in [2.24, 2.45) is 4.99 Å². The number of rotatable bonds is 5. The van der Waals surface area contributed by atoms with Crippen molar-refractivity contribution in [2.75, 3.05) is 20.3 Å². The molecule has 0 amide bonds. The first-order valence-corrected chi connectivity index (χ1v) is 8.24. The van der Waals surface area contributed by atoms with Gasteiger partial charge in [0.05, 0.1) is 31.3 Å². The molecule has 0 N–H and O–H groups in total. The third kappa shape index (κ3) is 2.88. The first-order valence-electron chi connectivity index (χ1n) is 8.24. The molecule has 0 bridgehead atoms. The molecule has 6 heteroatoms. The lowest BCUT2D eigenvalue weighted by atomic mass is 10.0. The monoisotopic (exact) mass is 318 g/mol. The molecule has 0 aromatic heterocycles. The summed E-state index contributed by atoms with van der Waals surface area (Å²) in [4.78, 5) is 14.6. The molecule has 23 heavy (non-hydrogen) atoms. The fraction of sp³-hybridized carbons (Fsp3) is 0.588. The lowest BCUT2D eigenvalue weighted by Crippen LogP contribution is -2.42. The number of hydroxylamine groups is 2. The highest BCUT2D eigenvalue weighted by Crippen LogP contribution is 2.37. The zero-order valence-corrected chi connectivity index (χ0v) is 14.6. The normalized spacial score (nSPS) is 23.4. The molecule has 0 aromatic rings. The summed E-state index contributed by atoms with van der Waals surface area (Å²) in [6, 6.07) is 0. The van der Waals surface area contributed by atoms with E-state index in [9.17, 15) is 0 Å². The minimum absolute atomic E-state index is 0.0903. The fourth-order valence-corrected chi connectivity index (χ4v) is 3.15. The maximum atomic E-state index is 6.14. The van der Waals surface area contributed by atoms with E-state index in [1.807, 2.05) is 17.5 Å². The van der Waals surface area contributed by atoms with E-state index >= 15 is 0 Å². The average molecular weight is 318 g/mol. The van der Waals surface area contributed by atoms with Gasteiger partial charge in [-0.1, -0.05) is 6.92 Å². The summed E-state index contributed by atoms with van der Waals surface area (Å²) in [5.74, 6) is 1.11. The van der Waals surface area contributed by atoms with Gasteiger partial charge >= 0.3 is 0 Å². The zero-order chi connectivity index (χ0) is 16.6. The SMILES string of the molecule is CCCN1C=C(C)C(OC(C)C)C2=C1N1CN(OC)C=C1C=N2. The van der Waals surface area contributed by atoms with Crippen LogP contribution in [-0.4, -0.2) is 53.6 Å². The number of ether oxygens (including phenoxy) is 1. The molecule has 1 atom stereocenters. The van der Waals surface area contributed by atoms with E-state index in [2.05, 4.69) is 43.7 Å². The molecule has 6 nitrogen and oxygen atoms in total. The molecule has 3 rings (SSSR count). The number of fused-ring (bicyclic) bond motifs is 2. The highest BCUT2D eigenvalue weighted by molar-refractivity contribution is 5.81. The summed E-state index contributed by atoms with van der Waals surface area (Å²) in [5, 5.41) is 1.81. The predicted octanol–water partition coefficient (Wildman–Crippen LogP) is 2.64. The van der Waals surface area contributed by atoms with E-state index in [0.717, 1.165) is 30.2 Å². The van der Waals surface area contributed by atoms with Crippen LogP contribution in [0.2, 0.25) is 0 Å². The van der Waals surface area contributed by atoms with Crippen LogP contribution in [0.15, 0.2) is 40.2 Å². The summed E-state index contributed by atoms with van der Waals surface area (Å²) in [6.45, 7) is 10.0. The predicted molar refractivity (Wildman–Crippen MR) is 89.9 cm³/mol. The number of aliphatic imine (C=N–C) groups is 1. The minimum Gasteiger partial charge on any atom is -0.365 e. The molecule has 0 saturated carbocycles. The lowest BCUT2D eigenvalue weighted by Gasteiger charge is -2.40. The number of hydrogen-bond acceptors (Lipinski definition) is 6.